The maximum absolute atomic E-state index is 6.06. The van der Waals surface area contributed by atoms with E-state index in [9.17, 15) is 0 Å². The van der Waals surface area contributed by atoms with Crippen molar-refractivity contribution >= 4 is 16.5 Å². The van der Waals surface area contributed by atoms with Crippen LogP contribution in [0.1, 0.15) is 76.0 Å². The molecule has 5 rings (SSSR count). The first kappa shape index (κ1) is 22.3. The molecular weight excluding hydrogens is 408 g/mol. The molecule has 0 spiro atoms. The Morgan fingerprint density at radius 2 is 2.12 bits per heavy atom. The van der Waals surface area contributed by atoms with Gasteiger partial charge in [-0.3, -0.25) is 9.58 Å². The number of aryl methyl sites for hydroxylation is 1. The number of nitrogens with zero attached hydrogens (tertiary/aromatic N) is 3. The summed E-state index contributed by atoms with van der Waals surface area (Å²) < 4.78 is 8.28. The number of aromatic nitrogens is 3. The Balaban J connectivity index is 1.15. The third-order valence-corrected chi connectivity index (χ3v) is 7.50. The average molecular weight is 447 g/mol. The second-order valence-corrected chi connectivity index (χ2v) is 9.90. The molecule has 3 heterocycles. The van der Waals surface area contributed by atoms with Gasteiger partial charge in [0.1, 0.15) is 5.75 Å². The highest BCUT2D eigenvalue weighted by atomic mass is 16.5. The second-order valence-electron chi connectivity index (χ2n) is 9.90. The van der Waals surface area contributed by atoms with E-state index < -0.39 is 0 Å². The Hall–Kier alpha value is -2.53. The van der Waals surface area contributed by atoms with Crippen molar-refractivity contribution in [1.29, 1.82) is 0 Å². The van der Waals surface area contributed by atoms with E-state index in [1.54, 1.807) is 0 Å². The smallest absolute Gasteiger partial charge is 0.120 e. The molecule has 0 amide bonds. The molecule has 1 aliphatic carbocycles. The fourth-order valence-electron chi connectivity index (χ4n) is 5.30. The summed E-state index contributed by atoms with van der Waals surface area (Å²) in [7, 11) is 0. The minimum Gasteiger partial charge on any atom is -0.491 e. The molecule has 1 aliphatic heterocycles. The first-order valence-electron chi connectivity index (χ1n) is 12.9. The zero-order valence-corrected chi connectivity index (χ0v) is 20.2. The van der Waals surface area contributed by atoms with Gasteiger partial charge in [-0.25, -0.2) is 0 Å². The van der Waals surface area contributed by atoms with E-state index >= 15 is 0 Å². The van der Waals surface area contributed by atoms with Crippen molar-refractivity contribution < 1.29 is 4.74 Å². The van der Waals surface area contributed by atoms with Crippen molar-refractivity contribution in [3.8, 4) is 5.75 Å². The van der Waals surface area contributed by atoms with Crippen LogP contribution in [0.25, 0.3) is 16.5 Å². The number of benzene rings is 1. The van der Waals surface area contributed by atoms with Gasteiger partial charge >= 0.3 is 0 Å². The Bertz CT molecular complexity index is 1090. The lowest BCUT2D eigenvalue weighted by atomic mass is 9.98. The van der Waals surface area contributed by atoms with Gasteiger partial charge in [0.05, 0.1) is 18.3 Å². The van der Waals surface area contributed by atoms with Gasteiger partial charge in [-0.1, -0.05) is 25.8 Å². The van der Waals surface area contributed by atoms with Crippen LogP contribution in [0.2, 0.25) is 0 Å². The molecular formula is C28H38N4O. The average Bonchev–Trinajstić information content (AvgIpc) is 3.60. The molecule has 5 nitrogen and oxygen atoms in total. The summed E-state index contributed by atoms with van der Waals surface area (Å²) in [5, 5.41) is 5.91. The minimum absolute atomic E-state index is 0.240. The highest BCUT2D eigenvalue weighted by Gasteiger charge is 2.18. The molecule has 1 N–H and O–H groups in total. The Morgan fingerprint density at radius 3 is 2.91 bits per heavy atom. The number of H-pyrrole nitrogens is 1. The van der Waals surface area contributed by atoms with Gasteiger partial charge in [-0.15, -0.1) is 0 Å². The quantitative estimate of drug-likeness (QED) is 0.415. The molecule has 2 aromatic heterocycles. The SMILES string of the molecule is CCC(C)Oc1ccc2[nH]cc(C3=CCN(CCCc4cnn(C5CCCC5)c4)CC3)c2c1. The van der Waals surface area contributed by atoms with E-state index in [2.05, 4.69) is 76.4 Å². The molecule has 2 aliphatic rings. The van der Waals surface area contributed by atoms with Crippen molar-refractivity contribution in [3.05, 3.63) is 54.0 Å². The largest absolute Gasteiger partial charge is 0.491 e. The molecule has 0 bridgehead atoms. The van der Waals surface area contributed by atoms with Gasteiger partial charge in [0.25, 0.3) is 0 Å². The van der Waals surface area contributed by atoms with Gasteiger partial charge in [-0.05, 0) is 81.3 Å². The standard InChI is InChI=1S/C28H38N4O/c1-3-21(2)33-25-10-11-28-26(17-25)27(19-29-28)23-12-15-31(16-13-23)14-6-7-22-18-30-32(20-22)24-8-4-5-9-24/h10-12,17-21,24,29H,3-9,13-16H2,1-2H3. The number of hydrogen-bond donors (Lipinski definition) is 1. The van der Waals surface area contributed by atoms with Crippen molar-refractivity contribution in [2.45, 2.75) is 77.4 Å². The normalized spacial score (nSPS) is 18.7. The van der Waals surface area contributed by atoms with Crippen molar-refractivity contribution in [1.82, 2.24) is 19.7 Å². The molecule has 1 aromatic carbocycles. The van der Waals surface area contributed by atoms with Gasteiger partial charge in [-0.2, -0.15) is 5.10 Å². The summed E-state index contributed by atoms with van der Waals surface area (Å²) in [5.41, 5.74) is 5.36. The van der Waals surface area contributed by atoms with Gasteiger partial charge in [0.2, 0.25) is 0 Å². The van der Waals surface area contributed by atoms with Crippen molar-refractivity contribution in [2.75, 3.05) is 19.6 Å². The topological polar surface area (TPSA) is 46.1 Å². The van der Waals surface area contributed by atoms with Crippen LogP contribution in [0.3, 0.4) is 0 Å². The van der Waals surface area contributed by atoms with Crippen LogP contribution in [-0.4, -0.2) is 45.4 Å². The van der Waals surface area contributed by atoms with Crippen molar-refractivity contribution in [3.63, 3.8) is 0 Å². The summed E-state index contributed by atoms with van der Waals surface area (Å²) in [6.45, 7) is 7.60. The lowest BCUT2D eigenvalue weighted by Gasteiger charge is -2.26. The first-order valence-corrected chi connectivity index (χ1v) is 12.9. The molecule has 0 saturated heterocycles. The fraction of sp³-hybridized carbons (Fsp3) is 0.536. The summed E-state index contributed by atoms with van der Waals surface area (Å²) in [5.74, 6) is 0.965. The van der Waals surface area contributed by atoms with Crippen LogP contribution in [0, 0.1) is 0 Å². The minimum atomic E-state index is 0.240. The zero-order chi connectivity index (χ0) is 22.6. The van der Waals surface area contributed by atoms with Crippen LogP contribution in [-0.2, 0) is 6.42 Å². The Morgan fingerprint density at radius 1 is 1.24 bits per heavy atom. The molecule has 0 radical (unpaired) electrons. The van der Waals surface area contributed by atoms with E-state index in [0.717, 1.165) is 44.6 Å². The van der Waals surface area contributed by atoms with Crippen LogP contribution in [0.5, 0.6) is 5.75 Å². The number of rotatable bonds is 9. The first-order chi connectivity index (χ1) is 16.2. The summed E-state index contributed by atoms with van der Waals surface area (Å²) in [6.07, 6.45) is 19.0. The summed E-state index contributed by atoms with van der Waals surface area (Å²) in [4.78, 5) is 6.03. The highest BCUT2D eigenvalue weighted by Crippen LogP contribution is 2.32. The lowest BCUT2D eigenvalue weighted by molar-refractivity contribution is 0.218. The molecule has 33 heavy (non-hydrogen) atoms. The molecule has 5 heteroatoms. The number of ether oxygens (including phenoxy) is 1. The number of fused-ring (bicyclic) bond motifs is 1. The Kier molecular flexibility index (Phi) is 6.86. The van der Waals surface area contributed by atoms with Crippen LogP contribution < -0.4 is 4.74 Å². The van der Waals surface area contributed by atoms with E-state index in [1.165, 1.54) is 59.7 Å². The number of hydrogen-bond acceptors (Lipinski definition) is 3. The second kappa shape index (κ2) is 10.2. The van der Waals surface area contributed by atoms with Crippen LogP contribution >= 0.6 is 0 Å². The lowest BCUT2D eigenvalue weighted by Crippen LogP contribution is -2.29. The van der Waals surface area contributed by atoms with E-state index in [-0.39, 0.29) is 6.10 Å². The molecule has 1 unspecified atom stereocenters. The van der Waals surface area contributed by atoms with Crippen LogP contribution in [0.15, 0.2) is 42.9 Å². The fourth-order valence-corrected chi connectivity index (χ4v) is 5.30. The molecule has 1 saturated carbocycles. The predicted octanol–water partition coefficient (Wildman–Crippen LogP) is 6.38. The highest BCUT2D eigenvalue weighted by molar-refractivity contribution is 5.93. The predicted molar refractivity (Wildman–Crippen MR) is 136 cm³/mol. The third-order valence-electron chi connectivity index (χ3n) is 7.50. The Labute approximate surface area is 197 Å². The summed E-state index contributed by atoms with van der Waals surface area (Å²) >= 11 is 0. The monoisotopic (exact) mass is 446 g/mol. The van der Waals surface area contributed by atoms with E-state index in [4.69, 9.17) is 4.74 Å². The van der Waals surface area contributed by atoms with Gasteiger partial charge in [0.15, 0.2) is 0 Å². The maximum Gasteiger partial charge on any atom is 0.120 e. The molecule has 1 fully saturated rings. The molecule has 176 valence electrons. The van der Waals surface area contributed by atoms with Crippen LogP contribution in [0.4, 0.5) is 0 Å². The summed E-state index contributed by atoms with van der Waals surface area (Å²) in [6, 6.07) is 7.06. The van der Waals surface area contributed by atoms with Gasteiger partial charge < -0.3 is 9.72 Å². The van der Waals surface area contributed by atoms with Gasteiger partial charge in [0, 0.05) is 41.9 Å². The molecule has 3 aromatic rings. The third kappa shape index (κ3) is 5.19. The molecule has 1 atom stereocenters. The number of aromatic amines is 1. The van der Waals surface area contributed by atoms with E-state index in [0.29, 0.717) is 6.04 Å². The number of nitrogens with one attached hydrogen (secondary N) is 1. The van der Waals surface area contributed by atoms with E-state index in [1.807, 2.05) is 0 Å². The van der Waals surface area contributed by atoms with Crippen molar-refractivity contribution in [2.24, 2.45) is 0 Å². The maximum atomic E-state index is 6.06. The zero-order valence-electron chi connectivity index (χ0n) is 20.2.